The number of aromatic hydroxyl groups is 1. The molecule has 1 aromatic carbocycles. The van der Waals surface area contributed by atoms with Crippen LogP contribution in [0.1, 0.15) is 18.5 Å². The molecule has 1 aliphatic heterocycles. The van der Waals surface area contributed by atoms with Crippen LogP contribution in [0.5, 0.6) is 11.5 Å². The number of nitrogens with zero attached hydrogens (tertiary/aromatic N) is 5. The number of methoxy groups -OCH3 is 1. The fourth-order valence-electron chi connectivity index (χ4n) is 3.60. The Morgan fingerprint density at radius 1 is 1.26 bits per heavy atom. The van der Waals surface area contributed by atoms with Gasteiger partial charge in [0.25, 0.3) is 0 Å². The van der Waals surface area contributed by atoms with E-state index in [0.29, 0.717) is 29.0 Å². The number of rotatable bonds is 4. The summed E-state index contributed by atoms with van der Waals surface area (Å²) in [6.45, 7) is 4.03. The van der Waals surface area contributed by atoms with Crippen LogP contribution in [0.25, 0.3) is 16.9 Å². The number of hydrogen-bond acceptors (Lipinski definition) is 7. The van der Waals surface area contributed by atoms with Crippen molar-refractivity contribution in [3.8, 4) is 22.9 Å². The third-order valence-corrected chi connectivity index (χ3v) is 4.93. The zero-order valence-corrected chi connectivity index (χ0v) is 15.8. The average molecular weight is 368 g/mol. The first kappa shape index (κ1) is 17.5. The topological polar surface area (TPSA) is 87.8 Å². The molecule has 4 rings (SSSR count). The molecule has 0 aliphatic carbocycles. The maximum absolute atomic E-state index is 10.4. The lowest BCUT2D eigenvalue weighted by Crippen LogP contribution is -2.40. The number of piperidine rings is 1. The van der Waals surface area contributed by atoms with E-state index in [1.165, 1.54) is 0 Å². The van der Waals surface area contributed by atoms with E-state index in [-0.39, 0.29) is 5.75 Å². The second-order valence-electron chi connectivity index (χ2n) is 7.08. The summed E-state index contributed by atoms with van der Waals surface area (Å²) in [6.07, 6.45) is 2.26. The number of benzene rings is 1. The molecule has 27 heavy (non-hydrogen) atoms. The van der Waals surface area contributed by atoms with Crippen molar-refractivity contribution in [1.29, 1.82) is 0 Å². The number of aryl methyl sites for hydroxylation is 1. The molecule has 1 aliphatic rings. The Morgan fingerprint density at radius 3 is 2.85 bits per heavy atom. The fourth-order valence-corrected chi connectivity index (χ4v) is 3.60. The lowest BCUT2D eigenvalue weighted by Gasteiger charge is -2.30. The molecule has 1 atom stereocenters. The van der Waals surface area contributed by atoms with Gasteiger partial charge in [-0.2, -0.15) is 5.10 Å². The molecule has 0 radical (unpaired) electrons. The molecule has 0 saturated carbocycles. The highest BCUT2D eigenvalue weighted by Crippen LogP contribution is 2.32. The van der Waals surface area contributed by atoms with Crippen molar-refractivity contribution in [2.75, 3.05) is 32.6 Å². The second-order valence-corrected chi connectivity index (χ2v) is 7.08. The van der Waals surface area contributed by atoms with Crippen molar-refractivity contribution in [3.05, 3.63) is 30.0 Å². The quantitative estimate of drug-likeness (QED) is 0.731. The lowest BCUT2D eigenvalue weighted by atomic mass is 10.1. The van der Waals surface area contributed by atoms with Crippen LogP contribution < -0.4 is 10.1 Å². The van der Waals surface area contributed by atoms with Gasteiger partial charge in [-0.05, 0) is 51.6 Å². The highest BCUT2D eigenvalue weighted by Gasteiger charge is 2.21. The maximum Gasteiger partial charge on any atom is 0.187 e. The lowest BCUT2D eigenvalue weighted by molar-refractivity contribution is 0.260. The fraction of sp³-hybridized carbons (Fsp3) is 0.421. The van der Waals surface area contributed by atoms with Crippen LogP contribution in [0, 0.1) is 6.92 Å². The van der Waals surface area contributed by atoms with Gasteiger partial charge in [0, 0.05) is 18.7 Å². The number of phenolic OH excluding ortho intramolecular Hbond substituents is 1. The summed E-state index contributed by atoms with van der Waals surface area (Å²) in [5, 5.41) is 27.3. The first-order chi connectivity index (χ1) is 13.0. The first-order valence-electron chi connectivity index (χ1n) is 9.10. The van der Waals surface area contributed by atoms with Crippen molar-refractivity contribution in [3.63, 3.8) is 0 Å². The molecule has 142 valence electrons. The van der Waals surface area contributed by atoms with Gasteiger partial charge in [0.05, 0.1) is 18.4 Å². The molecule has 1 fully saturated rings. The minimum absolute atomic E-state index is 0.0766. The van der Waals surface area contributed by atoms with Gasteiger partial charge >= 0.3 is 0 Å². The summed E-state index contributed by atoms with van der Waals surface area (Å²) < 4.78 is 6.89. The summed E-state index contributed by atoms with van der Waals surface area (Å²) in [5.74, 6) is 1.86. The highest BCUT2D eigenvalue weighted by atomic mass is 16.5. The van der Waals surface area contributed by atoms with Gasteiger partial charge in [-0.1, -0.05) is 0 Å². The molecule has 0 spiro atoms. The van der Waals surface area contributed by atoms with Gasteiger partial charge < -0.3 is 20.1 Å². The predicted molar refractivity (Wildman–Crippen MR) is 103 cm³/mol. The molecule has 1 saturated heterocycles. The van der Waals surface area contributed by atoms with Crippen LogP contribution in [0.4, 0.5) is 5.82 Å². The summed E-state index contributed by atoms with van der Waals surface area (Å²) in [6, 6.07) is 7.41. The van der Waals surface area contributed by atoms with E-state index in [0.717, 1.165) is 37.1 Å². The Labute approximate surface area is 157 Å². The number of likely N-dealkylation sites (tertiary alicyclic amines) is 1. The normalized spacial score (nSPS) is 18.0. The van der Waals surface area contributed by atoms with Crippen molar-refractivity contribution in [2.24, 2.45) is 0 Å². The predicted octanol–water partition coefficient (Wildman–Crippen LogP) is 2.32. The summed E-state index contributed by atoms with van der Waals surface area (Å²) in [5.41, 5.74) is 2.27. The van der Waals surface area contributed by atoms with E-state index in [1.54, 1.807) is 29.8 Å². The zero-order valence-electron chi connectivity index (χ0n) is 15.8. The molecule has 0 bridgehead atoms. The minimum atomic E-state index is 0.0766. The molecular formula is C19H24N6O2. The molecule has 8 heteroatoms. The minimum Gasteiger partial charge on any atom is -0.507 e. The summed E-state index contributed by atoms with van der Waals surface area (Å²) in [4.78, 5) is 2.32. The van der Waals surface area contributed by atoms with Gasteiger partial charge in [-0.15, -0.1) is 10.2 Å². The van der Waals surface area contributed by atoms with Gasteiger partial charge in [-0.25, -0.2) is 4.52 Å². The monoisotopic (exact) mass is 368 g/mol. The third-order valence-electron chi connectivity index (χ3n) is 4.93. The largest absolute Gasteiger partial charge is 0.507 e. The molecule has 3 heterocycles. The van der Waals surface area contributed by atoms with Gasteiger partial charge in [0.2, 0.25) is 0 Å². The molecule has 0 unspecified atom stereocenters. The van der Waals surface area contributed by atoms with Gasteiger partial charge in [0.1, 0.15) is 17.0 Å². The van der Waals surface area contributed by atoms with Crippen LogP contribution in [-0.2, 0) is 0 Å². The molecule has 0 amide bonds. The molecule has 2 N–H and O–H groups in total. The molecule has 2 aromatic heterocycles. The van der Waals surface area contributed by atoms with Crippen LogP contribution in [-0.4, -0.2) is 63.1 Å². The number of nitrogens with one attached hydrogen (secondary N) is 1. The average Bonchev–Trinajstić information content (AvgIpc) is 3.04. The number of hydrogen-bond donors (Lipinski definition) is 2. The van der Waals surface area contributed by atoms with Gasteiger partial charge in [-0.3, -0.25) is 0 Å². The van der Waals surface area contributed by atoms with E-state index < -0.39 is 0 Å². The van der Waals surface area contributed by atoms with Crippen LogP contribution in [0.2, 0.25) is 0 Å². The number of anilines is 1. The van der Waals surface area contributed by atoms with Crippen molar-refractivity contribution < 1.29 is 9.84 Å². The van der Waals surface area contributed by atoms with Crippen molar-refractivity contribution >= 4 is 11.3 Å². The van der Waals surface area contributed by atoms with E-state index in [1.807, 2.05) is 13.0 Å². The SMILES string of the molecule is COc1ccc(-c2nnc(N[C@@H]3CCCN(C)C3)c3cc(C)nn23)c(O)c1. The van der Waals surface area contributed by atoms with Gasteiger partial charge in [0.15, 0.2) is 11.6 Å². The van der Waals surface area contributed by atoms with Crippen LogP contribution >= 0.6 is 0 Å². The summed E-state index contributed by atoms with van der Waals surface area (Å²) >= 11 is 0. The molecule has 8 nitrogen and oxygen atoms in total. The Kier molecular flexibility index (Phi) is 4.57. The van der Waals surface area contributed by atoms with E-state index in [4.69, 9.17) is 4.74 Å². The van der Waals surface area contributed by atoms with Crippen LogP contribution in [0.15, 0.2) is 24.3 Å². The number of phenols is 1. The van der Waals surface area contributed by atoms with E-state index >= 15 is 0 Å². The second kappa shape index (κ2) is 7.03. The van der Waals surface area contributed by atoms with Crippen LogP contribution in [0.3, 0.4) is 0 Å². The van der Waals surface area contributed by atoms with E-state index in [9.17, 15) is 5.11 Å². The van der Waals surface area contributed by atoms with Crippen molar-refractivity contribution in [2.45, 2.75) is 25.8 Å². The highest BCUT2D eigenvalue weighted by molar-refractivity contribution is 5.74. The smallest absolute Gasteiger partial charge is 0.187 e. The first-order valence-corrected chi connectivity index (χ1v) is 9.10. The number of ether oxygens (including phenoxy) is 1. The zero-order chi connectivity index (χ0) is 19.0. The Hall–Kier alpha value is -2.87. The Balaban J connectivity index is 1.74. The van der Waals surface area contributed by atoms with Crippen molar-refractivity contribution in [1.82, 2.24) is 24.7 Å². The number of aromatic nitrogens is 4. The third kappa shape index (κ3) is 3.40. The number of fused-ring (bicyclic) bond motifs is 1. The summed E-state index contributed by atoms with van der Waals surface area (Å²) in [7, 11) is 3.69. The maximum atomic E-state index is 10.4. The molecular weight excluding hydrogens is 344 g/mol. The number of likely N-dealkylation sites (N-methyl/N-ethyl adjacent to an activating group) is 1. The Bertz CT molecular complexity index is 970. The van der Waals surface area contributed by atoms with E-state index in [2.05, 4.69) is 32.6 Å². The Morgan fingerprint density at radius 2 is 2.11 bits per heavy atom. The molecule has 3 aromatic rings. The standard InChI is InChI=1S/C19H24N6O2/c1-12-9-16-18(20-13-5-4-8-24(2)11-13)21-22-19(25(16)23-12)15-7-6-14(27-3)10-17(15)26/h6-7,9-10,13,26H,4-5,8,11H2,1-3H3,(H,20,21)/t13-/m1/s1.